The number of rotatable bonds is 4. The van der Waals surface area contributed by atoms with Crippen molar-refractivity contribution in [1.29, 1.82) is 0 Å². The van der Waals surface area contributed by atoms with Crippen LogP contribution >= 0.6 is 0 Å². The lowest BCUT2D eigenvalue weighted by Crippen LogP contribution is -2.56. The number of carboxylic acids is 1. The van der Waals surface area contributed by atoms with Crippen molar-refractivity contribution in [3.63, 3.8) is 0 Å². The maximum Gasteiger partial charge on any atom is 0.310 e. The van der Waals surface area contributed by atoms with E-state index < -0.39 is 5.97 Å². The van der Waals surface area contributed by atoms with Crippen LogP contribution in [0.5, 0.6) is 0 Å². The zero-order valence-corrected chi connectivity index (χ0v) is 10.9. The molecule has 102 valence electrons. The minimum atomic E-state index is -0.792. The molecule has 0 bridgehead atoms. The summed E-state index contributed by atoms with van der Waals surface area (Å²) >= 11 is 0. The molecule has 2 aliphatic rings. The highest BCUT2D eigenvalue weighted by Gasteiger charge is 2.39. The van der Waals surface area contributed by atoms with Crippen LogP contribution in [0.4, 0.5) is 0 Å². The lowest BCUT2D eigenvalue weighted by Gasteiger charge is -2.42. The van der Waals surface area contributed by atoms with E-state index in [0.29, 0.717) is 19.5 Å². The van der Waals surface area contributed by atoms with Crippen LogP contribution in [0.15, 0.2) is 0 Å². The molecule has 5 nitrogen and oxygen atoms in total. The number of carbonyl (C=O) groups excluding carboxylic acids is 1. The number of likely N-dealkylation sites (tertiary alicyclic amines) is 1. The van der Waals surface area contributed by atoms with Crippen molar-refractivity contribution < 1.29 is 14.7 Å². The van der Waals surface area contributed by atoms with E-state index in [-0.39, 0.29) is 17.4 Å². The zero-order chi connectivity index (χ0) is 13.2. The number of hydrogen-bond donors (Lipinski definition) is 2. The van der Waals surface area contributed by atoms with Crippen molar-refractivity contribution in [2.24, 2.45) is 5.92 Å². The predicted octanol–water partition coefficient (Wildman–Crippen LogP) is 0.842. The average molecular weight is 254 g/mol. The third kappa shape index (κ3) is 2.66. The highest BCUT2D eigenvalue weighted by atomic mass is 16.4. The van der Waals surface area contributed by atoms with Crippen molar-refractivity contribution in [3.05, 3.63) is 0 Å². The van der Waals surface area contributed by atoms with Crippen molar-refractivity contribution in [2.75, 3.05) is 20.1 Å². The zero-order valence-electron chi connectivity index (χ0n) is 10.9. The van der Waals surface area contributed by atoms with Gasteiger partial charge in [0.25, 0.3) is 0 Å². The minimum absolute atomic E-state index is 0.0519. The Balaban J connectivity index is 1.85. The van der Waals surface area contributed by atoms with E-state index in [1.165, 1.54) is 19.3 Å². The van der Waals surface area contributed by atoms with Crippen molar-refractivity contribution in [3.8, 4) is 0 Å². The number of aliphatic carboxylic acids is 1. The molecule has 1 saturated carbocycles. The molecule has 1 aliphatic heterocycles. The molecule has 0 atom stereocenters. The third-order valence-electron chi connectivity index (χ3n) is 4.41. The summed E-state index contributed by atoms with van der Waals surface area (Å²) in [5, 5.41) is 12.1. The van der Waals surface area contributed by atoms with Crippen molar-refractivity contribution in [2.45, 2.75) is 44.1 Å². The van der Waals surface area contributed by atoms with Crippen LogP contribution in [0, 0.1) is 5.92 Å². The first-order chi connectivity index (χ1) is 8.56. The van der Waals surface area contributed by atoms with E-state index in [4.69, 9.17) is 5.11 Å². The molecule has 2 rings (SSSR count). The first kappa shape index (κ1) is 13.3. The Kier molecular flexibility index (Phi) is 3.90. The molecule has 18 heavy (non-hydrogen) atoms. The van der Waals surface area contributed by atoms with Crippen LogP contribution in [0.2, 0.25) is 0 Å². The Morgan fingerprint density at radius 2 is 1.89 bits per heavy atom. The molecule has 0 aromatic heterocycles. The number of carboxylic acid groups (broad SMARTS) is 1. The van der Waals surface area contributed by atoms with Gasteiger partial charge in [-0.05, 0) is 19.9 Å². The van der Waals surface area contributed by atoms with Crippen LogP contribution in [0.3, 0.4) is 0 Å². The van der Waals surface area contributed by atoms with E-state index >= 15 is 0 Å². The molecule has 0 unspecified atom stereocenters. The van der Waals surface area contributed by atoms with Gasteiger partial charge in [-0.2, -0.15) is 0 Å². The van der Waals surface area contributed by atoms with Crippen LogP contribution < -0.4 is 5.32 Å². The van der Waals surface area contributed by atoms with Crippen LogP contribution in [-0.2, 0) is 9.59 Å². The normalized spacial score (nSPS) is 23.5. The van der Waals surface area contributed by atoms with Gasteiger partial charge in [0.2, 0.25) is 5.91 Å². The molecule has 0 aromatic carbocycles. The smallest absolute Gasteiger partial charge is 0.310 e. The summed E-state index contributed by atoms with van der Waals surface area (Å²) in [5.41, 5.74) is -0.0519. The Labute approximate surface area is 108 Å². The SMILES string of the molecule is CNC1(CC(=O)N2CC(C(=O)O)C2)CCCCC1. The Morgan fingerprint density at radius 3 is 2.39 bits per heavy atom. The van der Waals surface area contributed by atoms with E-state index in [1.807, 2.05) is 7.05 Å². The fourth-order valence-electron chi connectivity index (χ4n) is 2.98. The molecule has 5 heteroatoms. The second kappa shape index (κ2) is 5.26. The lowest BCUT2D eigenvalue weighted by atomic mass is 9.78. The maximum atomic E-state index is 12.1. The van der Waals surface area contributed by atoms with Gasteiger partial charge in [0.05, 0.1) is 5.92 Å². The summed E-state index contributed by atoms with van der Waals surface area (Å²) in [6.45, 7) is 0.766. The fraction of sp³-hybridized carbons (Fsp3) is 0.846. The van der Waals surface area contributed by atoms with E-state index in [9.17, 15) is 9.59 Å². The van der Waals surface area contributed by atoms with Crippen LogP contribution in [0.1, 0.15) is 38.5 Å². The minimum Gasteiger partial charge on any atom is -0.481 e. The fourth-order valence-corrected chi connectivity index (χ4v) is 2.98. The van der Waals surface area contributed by atoms with Gasteiger partial charge in [-0.25, -0.2) is 0 Å². The molecule has 0 aromatic rings. The summed E-state index contributed by atoms with van der Waals surface area (Å²) in [5.74, 6) is -1.05. The average Bonchev–Trinajstić information content (AvgIpc) is 2.27. The first-order valence-electron chi connectivity index (χ1n) is 6.76. The summed E-state index contributed by atoms with van der Waals surface area (Å²) in [7, 11) is 1.93. The molecule has 0 radical (unpaired) electrons. The lowest BCUT2D eigenvalue weighted by molar-refractivity contribution is -0.153. The Morgan fingerprint density at radius 1 is 1.28 bits per heavy atom. The number of carbonyl (C=O) groups is 2. The molecule has 0 spiro atoms. The van der Waals surface area contributed by atoms with Crippen LogP contribution in [-0.4, -0.2) is 47.6 Å². The van der Waals surface area contributed by atoms with Crippen molar-refractivity contribution >= 4 is 11.9 Å². The maximum absolute atomic E-state index is 12.1. The second-order valence-electron chi connectivity index (χ2n) is 5.60. The van der Waals surface area contributed by atoms with Gasteiger partial charge in [0, 0.05) is 25.0 Å². The van der Waals surface area contributed by atoms with Gasteiger partial charge in [0.1, 0.15) is 0 Å². The van der Waals surface area contributed by atoms with Crippen molar-refractivity contribution in [1.82, 2.24) is 10.2 Å². The molecule has 2 N–H and O–H groups in total. The van der Waals surface area contributed by atoms with E-state index in [0.717, 1.165) is 12.8 Å². The second-order valence-corrected chi connectivity index (χ2v) is 5.60. The number of amides is 1. The summed E-state index contributed by atoms with van der Waals surface area (Å²) in [4.78, 5) is 24.5. The standard InChI is InChI=1S/C13H22N2O3/c1-14-13(5-3-2-4-6-13)7-11(16)15-8-10(9-15)12(17)18/h10,14H,2-9H2,1H3,(H,17,18). The van der Waals surface area contributed by atoms with Gasteiger partial charge in [-0.15, -0.1) is 0 Å². The van der Waals surface area contributed by atoms with Crippen LogP contribution in [0.25, 0.3) is 0 Å². The third-order valence-corrected chi connectivity index (χ3v) is 4.41. The highest BCUT2D eigenvalue weighted by molar-refractivity contribution is 5.81. The predicted molar refractivity (Wildman–Crippen MR) is 67.2 cm³/mol. The summed E-state index contributed by atoms with van der Waals surface area (Å²) < 4.78 is 0. The number of nitrogens with zero attached hydrogens (tertiary/aromatic N) is 1. The molecule has 1 amide bonds. The Hall–Kier alpha value is -1.10. The summed E-state index contributed by atoms with van der Waals surface area (Å²) in [6, 6.07) is 0. The molecule has 1 aliphatic carbocycles. The highest BCUT2D eigenvalue weighted by Crippen LogP contribution is 2.32. The van der Waals surface area contributed by atoms with Gasteiger partial charge in [-0.3, -0.25) is 9.59 Å². The molecule has 1 heterocycles. The van der Waals surface area contributed by atoms with E-state index in [2.05, 4.69) is 5.32 Å². The quantitative estimate of drug-likeness (QED) is 0.780. The topological polar surface area (TPSA) is 69.6 Å². The largest absolute Gasteiger partial charge is 0.481 e. The Bertz CT molecular complexity index is 331. The summed E-state index contributed by atoms with van der Waals surface area (Å²) in [6.07, 6.45) is 6.20. The number of nitrogens with one attached hydrogen (secondary N) is 1. The van der Waals surface area contributed by atoms with Gasteiger partial charge in [0.15, 0.2) is 0 Å². The number of hydrogen-bond acceptors (Lipinski definition) is 3. The molecule has 1 saturated heterocycles. The molecular weight excluding hydrogens is 232 g/mol. The van der Waals surface area contributed by atoms with Gasteiger partial charge in [-0.1, -0.05) is 19.3 Å². The molecular formula is C13H22N2O3. The first-order valence-corrected chi connectivity index (χ1v) is 6.76. The van der Waals surface area contributed by atoms with Gasteiger partial charge >= 0.3 is 5.97 Å². The monoisotopic (exact) mass is 254 g/mol. The molecule has 2 fully saturated rings. The van der Waals surface area contributed by atoms with Gasteiger partial charge < -0.3 is 15.3 Å². The van der Waals surface area contributed by atoms with E-state index in [1.54, 1.807) is 4.90 Å².